The number of thiophene rings is 1. The zero-order valence-electron chi connectivity index (χ0n) is 15.4. The molecule has 0 bridgehead atoms. The normalized spacial score (nSPS) is 17.1. The van der Waals surface area contributed by atoms with Crippen LogP contribution in [0.2, 0.25) is 0 Å². The Bertz CT molecular complexity index is 942. The fraction of sp³-hybridized carbons (Fsp3) is 0.368. The van der Waals surface area contributed by atoms with Crippen molar-refractivity contribution >= 4 is 45.3 Å². The quantitative estimate of drug-likeness (QED) is 0.637. The van der Waals surface area contributed by atoms with Crippen LogP contribution < -0.4 is 20.9 Å². The molecule has 0 spiro atoms. The maximum Gasteiger partial charge on any atom is 0.274 e. The molecule has 2 aromatic rings. The summed E-state index contributed by atoms with van der Waals surface area (Å²) in [4.78, 5) is 26.2. The number of carbonyl (C=O) groups is 1. The molecule has 1 fully saturated rings. The van der Waals surface area contributed by atoms with Crippen LogP contribution in [0.1, 0.15) is 6.92 Å². The predicted octanol–water partition coefficient (Wildman–Crippen LogP) is 0.863. The molecule has 1 amide bonds. The Labute approximate surface area is 157 Å². The van der Waals surface area contributed by atoms with Gasteiger partial charge in [-0.3, -0.25) is 9.63 Å². The number of hydroxylamine groups is 1. The molecular weight excluding hydrogens is 348 g/mol. The summed E-state index contributed by atoms with van der Waals surface area (Å²) in [6.07, 6.45) is 3.76. The molecule has 0 saturated carbocycles. The molecular formula is C19H24N4O2S. The van der Waals surface area contributed by atoms with E-state index in [1.54, 1.807) is 17.4 Å². The summed E-state index contributed by atoms with van der Waals surface area (Å²) in [7, 11) is 3.54. The molecule has 0 unspecified atom stereocenters. The lowest BCUT2D eigenvalue weighted by Crippen LogP contribution is -2.46. The van der Waals surface area contributed by atoms with Gasteiger partial charge in [-0.25, -0.2) is 10.5 Å². The van der Waals surface area contributed by atoms with E-state index in [9.17, 15) is 4.79 Å². The first kappa shape index (κ1) is 18.6. The fourth-order valence-corrected chi connectivity index (χ4v) is 4.06. The Hall–Kier alpha value is -2.22. The highest BCUT2D eigenvalue weighted by molar-refractivity contribution is 7.17. The van der Waals surface area contributed by atoms with E-state index in [4.69, 9.17) is 4.98 Å². The number of fused-ring (bicyclic) bond motifs is 1. The number of hydrogen-bond acceptors (Lipinski definition) is 6. The highest BCUT2D eigenvalue weighted by atomic mass is 32.1. The van der Waals surface area contributed by atoms with Crippen molar-refractivity contribution in [2.45, 2.75) is 6.92 Å². The van der Waals surface area contributed by atoms with E-state index >= 15 is 0 Å². The first-order valence-corrected chi connectivity index (χ1v) is 9.44. The van der Waals surface area contributed by atoms with Crippen LogP contribution in [0.25, 0.3) is 22.2 Å². The van der Waals surface area contributed by atoms with Crippen molar-refractivity contribution in [3.8, 4) is 0 Å². The van der Waals surface area contributed by atoms with E-state index in [-0.39, 0.29) is 5.91 Å². The molecule has 2 aromatic heterocycles. The summed E-state index contributed by atoms with van der Waals surface area (Å²) in [6, 6.07) is 2.13. The van der Waals surface area contributed by atoms with Crippen molar-refractivity contribution in [1.29, 1.82) is 0 Å². The van der Waals surface area contributed by atoms with Crippen LogP contribution >= 0.6 is 11.3 Å². The maximum atomic E-state index is 12.0. The molecule has 0 aromatic carbocycles. The van der Waals surface area contributed by atoms with E-state index in [2.05, 4.69) is 45.2 Å². The van der Waals surface area contributed by atoms with Gasteiger partial charge in [0.1, 0.15) is 5.82 Å². The highest BCUT2D eigenvalue weighted by Gasteiger charge is 2.19. The zero-order chi connectivity index (χ0) is 18.7. The van der Waals surface area contributed by atoms with Crippen LogP contribution in [0.4, 0.5) is 5.82 Å². The number of aromatic nitrogens is 1. The van der Waals surface area contributed by atoms with E-state index in [0.29, 0.717) is 5.57 Å². The molecule has 1 saturated heterocycles. The largest absolute Gasteiger partial charge is 0.353 e. The summed E-state index contributed by atoms with van der Waals surface area (Å²) in [5.74, 6) is 0.606. The summed E-state index contributed by atoms with van der Waals surface area (Å²) in [5, 5.41) is 5.04. The number of anilines is 1. The summed E-state index contributed by atoms with van der Waals surface area (Å²) in [6.45, 7) is 9.73. The third-order valence-electron chi connectivity index (χ3n) is 4.54. The number of hydrogen-bond donors (Lipinski definition) is 1. The second-order valence-corrected chi connectivity index (χ2v) is 7.20. The van der Waals surface area contributed by atoms with Gasteiger partial charge in [-0.15, -0.1) is 11.3 Å². The predicted molar refractivity (Wildman–Crippen MR) is 107 cm³/mol. The number of carbonyl (C=O) groups excluding carboxylic acids is 1. The van der Waals surface area contributed by atoms with Crippen molar-refractivity contribution in [1.82, 2.24) is 15.4 Å². The van der Waals surface area contributed by atoms with Gasteiger partial charge < -0.3 is 9.80 Å². The van der Waals surface area contributed by atoms with E-state index < -0.39 is 0 Å². The van der Waals surface area contributed by atoms with Gasteiger partial charge in [-0.05, 0) is 31.5 Å². The standard InChI is InChI=1S/C19H24N4O2S/c1-5-14-16(12-13(2)19(24)21-25-4)20-18(15-6-11-26-17(14)15)23-9-7-22(3)8-10-23/h5-6,11-12H,2,7-10H2,1,3-4H3,(H,21,24)/b14-5+,16-12+. The molecule has 0 aliphatic carbocycles. The van der Waals surface area contributed by atoms with Crippen LogP contribution in [-0.2, 0) is 9.63 Å². The number of likely N-dealkylation sites (N-methyl/N-ethyl adjacent to an activating group) is 1. The van der Waals surface area contributed by atoms with Gasteiger partial charge in [-0.1, -0.05) is 12.7 Å². The molecule has 6 nitrogen and oxygen atoms in total. The number of piperazine rings is 1. The Morgan fingerprint density at radius 1 is 1.38 bits per heavy atom. The van der Waals surface area contributed by atoms with Gasteiger partial charge >= 0.3 is 0 Å². The SMILES string of the molecule is C=C(/C=c1/nc(N2CCN(C)CC2)c2ccsc2/c1=C/C)C(=O)NOC. The second-order valence-electron chi connectivity index (χ2n) is 6.28. The fourth-order valence-electron chi connectivity index (χ4n) is 3.08. The molecule has 138 valence electrons. The lowest BCUT2D eigenvalue weighted by molar-refractivity contribution is -0.126. The van der Waals surface area contributed by atoms with Crippen LogP contribution in [0, 0.1) is 0 Å². The monoisotopic (exact) mass is 372 g/mol. The van der Waals surface area contributed by atoms with E-state index in [1.165, 1.54) is 11.8 Å². The van der Waals surface area contributed by atoms with Crippen LogP contribution in [-0.4, -0.2) is 56.1 Å². The van der Waals surface area contributed by atoms with Crippen molar-refractivity contribution in [3.05, 3.63) is 34.2 Å². The molecule has 3 heterocycles. The number of nitrogens with one attached hydrogen (secondary N) is 1. The van der Waals surface area contributed by atoms with Crippen molar-refractivity contribution < 1.29 is 9.63 Å². The smallest absolute Gasteiger partial charge is 0.274 e. The van der Waals surface area contributed by atoms with Crippen molar-refractivity contribution in [3.63, 3.8) is 0 Å². The van der Waals surface area contributed by atoms with Gasteiger partial charge in [-0.2, -0.15) is 0 Å². The Morgan fingerprint density at radius 2 is 2.12 bits per heavy atom. The minimum Gasteiger partial charge on any atom is -0.353 e. The lowest BCUT2D eigenvalue weighted by atomic mass is 10.2. The maximum absolute atomic E-state index is 12.0. The van der Waals surface area contributed by atoms with E-state index in [1.807, 2.05) is 13.0 Å². The van der Waals surface area contributed by atoms with Gasteiger partial charge in [0.05, 0.1) is 12.5 Å². The molecule has 7 heteroatoms. The van der Waals surface area contributed by atoms with Crippen LogP contribution in [0.3, 0.4) is 0 Å². The van der Waals surface area contributed by atoms with Crippen molar-refractivity contribution in [2.24, 2.45) is 0 Å². The second kappa shape index (κ2) is 7.99. The molecule has 1 aliphatic heterocycles. The number of nitrogens with zero attached hydrogens (tertiary/aromatic N) is 3. The lowest BCUT2D eigenvalue weighted by Gasteiger charge is -2.33. The average Bonchev–Trinajstić information content (AvgIpc) is 3.11. The topological polar surface area (TPSA) is 57.7 Å². The minimum absolute atomic E-state index is 0.308. The number of amides is 1. The van der Waals surface area contributed by atoms with Gasteiger partial charge in [0, 0.05) is 47.1 Å². The summed E-state index contributed by atoms with van der Waals surface area (Å²) < 4.78 is 1.18. The third-order valence-corrected chi connectivity index (χ3v) is 5.49. The number of pyridine rings is 1. The highest BCUT2D eigenvalue weighted by Crippen LogP contribution is 2.26. The third kappa shape index (κ3) is 3.65. The molecule has 1 N–H and O–H groups in total. The Morgan fingerprint density at radius 3 is 2.77 bits per heavy atom. The van der Waals surface area contributed by atoms with Gasteiger partial charge in [0.15, 0.2) is 0 Å². The summed E-state index contributed by atoms with van der Waals surface area (Å²) >= 11 is 1.69. The molecule has 1 aliphatic rings. The van der Waals surface area contributed by atoms with Gasteiger partial charge in [0.25, 0.3) is 5.91 Å². The van der Waals surface area contributed by atoms with Crippen LogP contribution in [0.15, 0.2) is 23.6 Å². The Balaban J connectivity index is 2.14. The Kier molecular flexibility index (Phi) is 5.70. The number of rotatable bonds is 4. The average molecular weight is 372 g/mol. The molecule has 26 heavy (non-hydrogen) atoms. The molecule has 3 rings (SSSR count). The van der Waals surface area contributed by atoms with E-state index in [0.717, 1.165) is 48.0 Å². The van der Waals surface area contributed by atoms with Crippen molar-refractivity contribution in [2.75, 3.05) is 45.2 Å². The first-order chi connectivity index (χ1) is 12.5. The summed E-state index contributed by atoms with van der Waals surface area (Å²) in [5.41, 5.74) is 2.61. The minimum atomic E-state index is -0.372. The molecule has 0 radical (unpaired) electrons. The van der Waals surface area contributed by atoms with Gasteiger partial charge in [0.2, 0.25) is 0 Å². The van der Waals surface area contributed by atoms with Crippen LogP contribution in [0.5, 0.6) is 0 Å². The first-order valence-electron chi connectivity index (χ1n) is 8.56. The molecule has 0 atom stereocenters. The zero-order valence-corrected chi connectivity index (χ0v) is 16.2.